The molecule has 7 nitrogen and oxygen atoms in total. The minimum absolute atomic E-state index is 0.0141. The summed E-state index contributed by atoms with van der Waals surface area (Å²) in [7, 11) is -2.65. The lowest BCUT2D eigenvalue weighted by atomic mass is 10.1. The Bertz CT molecular complexity index is 1050. The molecule has 0 amide bonds. The molecule has 0 radical (unpaired) electrons. The van der Waals surface area contributed by atoms with Gasteiger partial charge in [-0.15, -0.1) is 0 Å². The van der Waals surface area contributed by atoms with Crippen LogP contribution in [0.5, 0.6) is 0 Å². The molecule has 11 heteroatoms. The van der Waals surface area contributed by atoms with Gasteiger partial charge in [0.25, 0.3) is 0 Å². The molecule has 0 heterocycles. The van der Waals surface area contributed by atoms with Crippen LogP contribution < -0.4 is 15.4 Å². The van der Waals surface area contributed by atoms with Gasteiger partial charge in [0.1, 0.15) is 11.9 Å². The summed E-state index contributed by atoms with van der Waals surface area (Å²) >= 11 is 10.9. The maximum absolute atomic E-state index is 13.2. The van der Waals surface area contributed by atoms with Crippen LogP contribution in [0, 0.1) is 12.7 Å². The molecule has 0 aliphatic carbocycles. The number of thiocarbonyl (C=S) groups is 1. The average molecular weight is 502 g/mol. The van der Waals surface area contributed by atoms with E-state index in [4.69, 9.17) is 28.6 Å². The molecule has 174 valence electrons. The molecule has 0 spiro atoms. The van der Waals surface area contributed by atoms with Gasteiger partial charge in [-0.2, -0.15) is 4.72 Å². The Morgan fingerprint density at radius 2 is 1.88 bits per heavy atom. The molecule has 1 atom stereocenters. The van der Waals surface area contributed by atoms with Crippen molar-refractivity contribution in [3.8, 4) is 0 Å². The number of hydrogen-bond acceptors (Lipinski definition) is 5. The molecule has 0 saturated heterocycles. The second kappa shape index (κ2) is 12.1. The molecule has 2 aromatic carbocycles. The second-order valence-corrected chi connectivity index (χ2v) is 9.55. The normalized spacial score (nSPS) is 12.1. The zero-order valence-corrected chi connectivity index (χ0v) is 20.0. The summed E-state index contributed by atoms with van der Waals surface area (Å²) in [6.07, 6.45) is 1.41. The fraction of sp³-hybridized carbons (Fsp3) is 0.333. The van der Waals surface area contributed by atoms with E-state index in [0.717, 1.165) is 5.56 Å². The summed E-state index contributed by atoms with van der Waals surface area (Å²) in [4.78, 5) is 12.1. The zero-order valence-electron chi connectivity index (χ0n) is 17.7. The zero-order chi connectivity index (χ0) is 23.7. The van der Waals surface area contributed by atoms with Crippen molar-refractivity contribution in [1.82, 2.24) is 10.0 Å². The molecule has 0 bridgehead atoms. The summed E-state index contributed by atoms with van der Waals surface area (Å²) in [5.74, 6) is -1.17. The van der Waals surface area contributed by atoms with Crippen LogP contribution in [0.15, 0.2) is 47.4 Å². The Balaban J connectivity index is 1.82. The van der Waals surface area contributed by atoms with E-state index in [9.17, 15) is 17.6 Å². The first-order valence-corrected chi connectivity index (χ1v) is 12.1. The monoisotopic (exact) mass is 501 g/mol. The van der Waals surface area contributed by atoms with Gasteiger partial charge < -0.3 is 15.4 Å². The summed E-state index contributed by atoms with van der Waals surface area (Å²) in [5.41, 5.74) is 1.47. The van der Waals surface area contributed by atoms with Crippen molar-refractivity contribution in [2.45, 2.75) is 37.1 Å². The number of methoxy groups -OCH3 is 1. The highest BCUT2D eigenvalue weighted by molar-refractivity contribution is 7.89. The minimum atomic E-state index is -3.86. The van der Waals surface area contributed by atoms with E-state index < -0.39 is 27.9 Å². The van der Waals surface area contributed by atoms with Crippen molar-refractivity contribution in [3.05, 3.63) is 58.9 Å². The van der Waals surface area contributed by atoms with E-state index in [1.807, 2.05) is 6.92 Å². The number of sulfonamides is 1. The molecule has 32 heavy (non-hydrogen) atoms. The third-order valence-corrected chi connectivity index (χ3v) is 6.52. The number of nitrogens with one attached hydrogen (secondary N) is 3. The molecular formula is C21H25ClFN3O4S2. The van der Waals surface area contributed by atoms with E-state index in [1.165, 1.54) is 37.4 Å². The van der Waals surface area contributed by atoms with Crippen LogP contribution in [0.1, 0.15) is 24.8 Å². The number of aryl methyl sites for hydroxylation is 1. The summed E-state index contributed by atoms with van der Waals surface area (Å²) in [5, 5.41) is 6.20. The Morgan fingerprint density at radius 1 is 1.19 bits per heavy atom. The lowest BCUT2D eigenvalue weighted by Gasteiger charge is -2.17. The first-order valence-electron chi connectivity index (χ1n) is 9.79. The van der Waals surface area contributed by atoms with Gasteiger partial charge >= 0.3 is 5.97 Å². The third kappa shape index (κ3) is 8.01. The van der Waals surface area contributed by atoms with Gasteiger partial charge in [0.05, 0.1) is 17.0 Å². The Labute approximate surface area is 197 Å². The number of anilines is 1. The topological polar surface area (TPSA) is 96.5 Å². The molecular weight excluding hydrogens is 477 g/mol. The quantitative estimate of drug-likeness (QED) is 0.259. The third-order valence-electron chi connectivity index (χ3n) is 4.50. The highest BCUT2D eigenvalue weighted by Crippen LogP contribution is 2.19. The molecule has 0 saturated carbocycles. The molecule has 0 aliphatic rings. The SMILES string of the molecule is COC(=O)C(CCCCNC(=S)Nc1ccc(F)c(Cl)c1)NS(=O)(=O)c1ccc(C)cc1. The van der Waals surface area contributed by atoms with E-state index >= 15 is 0 Å². The Kier molecular flexibility index (Phi) is 9.83. The number of unbranched alkanes of at least 4 members (excludes halogenated alkanes) is 1. The van der Waals surface area contributed by atoms with Crippen LogP contribution in [0.4, 0.5) is 10.1 Å². The predicted molar refractivity (Wildman–Crippen MR) is 127 cm³/mol. The molecule has 0 fully saturated rings. The highest BCUT2D eigenvalue weighted by Gasteiger charge is 2.26. The Hall–Kier alpha value is -2.27. The number of esters is 1. The van der Waals surface area contributed by atoms with Crippen LogP contribution >= 0.6 is 23.8 Å². The van der Waals surface area contributed by atoms with Crippen molar-refractivity contribution in [2.24, 2.45) is 0 Å². The number of carbonyl (C=O) groups is 1. The van der Waals surface area contributed by atoms with Crippen molar-refractivity contribution in [2.75, 3.05) is 19.0 Å². The minimum Gasteiger partial charge on any atom is -0.468 e. The van der Waals surface area contributed by atoms with Crippen molar-refractivity contribution in [1.29, 1.82) is 0 Å². The van der Waals surface area contributed by atoms with Crippen molar-refractivity contribution >= 4 is 50.6 Å². The van der Waals surface area contributed by atoms with Crippen LogP contribution in [0.2, 0.25) is 5.02 Å². The molecule has 1 unspecified atom stereocenters. The van der Waals surface area contributed by atoms with Crippen LogP contribution in [0.3, 0.4) is 0 Å². The molecule has 0 aliphatic heterocycles. The first-order chi connectivity index (χ1) is 15.1. The summed E-state index contributed by atoms with van der Waals surface area (Å²) < 4.78 is 45.5. The lowest BCUT2D eigenvalue weighted by Crippen LogP contribution is -2.41. The Morgan fingerprint density at radius 3 is 2.50 bits per heavy atom. The fourth-order valence-electron chi connectivity index (χ4n) is 2.76. The molecule has 2 rings (SSSR count). The lowest BCUT2D eigenvalue weighted by molar-refractivity contribution is -0.142. The first kappa shape index (κ1) is 26.0. The van der Waals surface area contributed by atoms with Gasteiger partial charge in [0.15, 0.2) is 5.11 Å². The van der Waals surface area contributed by atoms with Gasteiger partial charge in [-0.1, -0.05) is 29.3 Å². The molecule has 0 aromatic heterocycles. The van der Waals surface area contributed by atoms with E-state index in [2.05, 4.69) is 15.4 Å². The molecule has 2 aromatic rings. The van der Waals surface area contributed by atoms with Gasteiger partial charge in [-0.05, 0) is 68.7 Å². The van der Waals surface area contributed by atoms with Crippen LogP contribution in [0.25, 0.3) is 0 Å². The van der Waals surface area contributed by atoms with Crippen LogP contribution in [-0.2, 0) is 19.6 Å². The summed E-state index contributed by atoms with van der Waals surface area (Å²) in [6, 6.07) is 9.50. The van der Waals surface area contributed by atoms with E-state index in [-0.39, 0.29) is 16.3 Å². The van der Waals surface area contributed by atoms with Crippen molar-refractivity contribution < 1.29 is 22.3 Å². The van der Waals surface area contributed by atoms with E-state index in [1.54, 1.807) is 12.1 Å². The second-order valence-electron chi connectivity index (χ2n) is 7.02. The largest absolute Gasteiger partial charge is 0.468 e. The molecule has 3 N–H and O–H groups in total. The number of ether oxygens (including phenoxy) is 1. The van der Waals surface area contributed by atoms with Gasteiger partial charge in [-0.25, -0.2) is 12.8 Å². The number of rotatable bonds is 10. The fourth-order valence-corrected chi connectivity index (χ4v) is 4.38. The number of benzene rings is 2. The average Bonchev–Trinajstić information content (AvgIpc) is 2.75. The van der Waals surface area contributed by atoms with Gasteiger partial charge in [0.2, 0.25) is 10.0 Å². The van der Waals surface area contributed by atoms with E-state index in [0.29, 0.717) is 30.2 Å². The highest BCUT2D eigenvalue weighted by atomic mass is 35.5. The van der Waals surface area contributed by atoms with Gasteiger partial charge in [0, 0.05) is 12.2 Å². The van der Waals surface area contributed by atoms with Gasteiger partial charge in [-0.3, -0.25) is 4.79 Å². The summed E-state index contributed by atoms with van der Waals surface area (Å²) in [6.45, 7) is 2.34. The van der Waals surface area contributed by atoms with Crippen molar-refractivity contribution in [3.63, 3.8) is 0 Å². The smallest absolute Gasteiger partial charge is 0.323 e. The maximum Gasteiger partial charge on any atom is 0.323 e. The standard InChI is InChI=1S/C21H25ClFN3O4S2/c1-14-6-9-16(10-7-14)32(28,29)26-19(20(27)30-2)5-3-4-12-24-21(31)25-15-8-11-18(23)17(22)13-15/h6-11,13,19,26H,3-5,12H2,1-2H3,(H2,24,25,31). The van der Waals surface area contributed by atoms with Crippen LogP contribution in [-0.4, -0.2) is 39.2 Å². The number of carbonyl (C=O) groups excluding carboxylic acids is 1. The number of halogens is 2. The number of hydrogen-bond donors (Lipinski definition) is 3. The predicted octanol–water partition coefficient (Wildman–Crippen LogP) is 3.76. The maximum atomic E-state index is 13.2.